The topological polar surface area (TPSA) is 151 Å². The number of rotatable bonds is 6. The maximum absolute atomic E-state index is 10.5. The van der Waals surface area contributed by atoms with E-state index in [2.05, 4.69) is 73.7 Å². The van der Waals surface area contributed by atoms with Crippen LogP contribution in [0.5, 0.6) is 11.5 Å². The van der Waals surface area contributed by atoms with Crippen molar-refractivity contribution in [2.75, 3.05) is 0 Å². The highest BCUT2D eigenvalue weighted by Gasteiger charge is 2.07. The number of halogens is 4. The van der Waals surface area contributed by atoms with Gasteiger partial charge in [0.1, 0.15) is 11.5 Å². The molecule has 0 saturated carbocycles. The molecule has 0 aromatic heterocycles. The van der Waals surface area contributed by atoms with Gasteiger partial charge in [0, 0.05) is 36.7 Å². The molecule has 0 heterocycles. The number of nitro benzene ring substituents is 2. The van der Waals surface area contributed by atoms with Gasteiger partial charge in [-0.15, -0.1) is 0 Å². The number of benzene rings is 4. The molecule has 0 amide bonds. The Morgan fingerprint density at radius 2 is 0.850 bits per heavy atom. The van der Waals surface area contributed by atoms with E-state index < -0.39 is 9.85 Å². The van der Waals surface area contributed by atoms with Crippen molar-refractivity contribution in [3.63, 3.8) is 0 Å². The molecule has 0 aliphatic rings. The Morgan fingerprint density at radius 3 is 1.10 bits per heavy atom. The molecule has 14 heteroatoms. The van der Waals surface area contributed by atoms with Crippen molar-refractivity contribution in [3.05, 3.63) is 122 Å². The van der Waals surface area contributed by atoms with Crippen LogP contribution >= 0.6 is 63.7 Å². The van der Waals surface area contributed by atoms with Gasteiger partial charge in [-0.1, -0.05) is 0 Å². The molecule has 0 unspecified atom stereocenters. The molecular weight excluding hydrogens is 784 g/mol. The number of nitro groups is 2. The fourth-order valence-corrected chi connectivity index (χ4v) is 5.24. The number of phenols is 2. The first-order valence-corrected chi connectivity index (χ1v) is 14.0. The van der Waals surface area contributed by atoms with Crippen LogP contribution in [-0.2, 0) is 0 Å². The van der Waals surface area contributed by atoms with Crippen LogP contribution in [0.25, 0.3) is 0 Å². The lowest BCUT2D eigenvalue weighted by Crippen LogP contribution is -1.88. The van der Waals surface area contributed by atoms with Gasteiger partial charge in [-0.25, -0.2) is 0 Å². The Bertz CT molecular complexity index is 1440. The van der Waals surface area contributed by atoms with E-state index in [-0.39, 0.29) is 22.9 Å². The molecule has 0 radical (unpaired) electrons. The number of non-ortho nitro benzene ring substituents is 2. The minimum absolute atomic E-state index is 0.0391. The number of aromatic hydroxyl groups is 2. The van der Waals surface area contributed by atoms with E-state index in [1.165, 1.54) is 24.3 Å². The molecule has 0 atom stereocenters. The Hall–Kier alpha value is -3.46. The van der Waals surface area contributed by atoms with Crippen molar-refractivity contribution >= 4 is 98.9 Å². The van der Waals surface area contributed by atoms with Crippen molar-refractivity contribution in [1.29, 1.82) is 0 Å². The van der Waals surface area contributed by atoms with Crippen LogP contribution in [-0.4, -0.2) is 32.5 Å². The molecule has 0 fully saturated rings. The van der Waals surface area contributed by atoms with Crippen molar-refractivity contribution in [2.45, 2.75) is 0 Å². The maximum Gasteiger partial charge on any atom is 0.269 e. The van der Waals surface area contributed by atoms with Gasteiger partial charge in [-0.05, 0) is 123 Å². The van der Waals surface area contributed by atoms with Crippen LogP contribution < -0.4 is 0 Å². The first-order chi connectivity index (χ1) is 18.9. The monoisotopic (exact) mass is 796 g/mol. The van der Waals surface area contributed by atoms with E-state index in [0.29, 0.717) is 29.3 Å². The fourth-order valence-electron chi connectivity index (χ4n) is 2.92. The van der Waals surface area contributed by atoms with E-state index in [1.807, 2.05) is 0 Å². The minimum atomic E-state index is -0.449. The molecule has 0 spiro atoms. The summed E-state index contributed by atoms with van der Waals surface area (Å²) in [5.41, 5.74) is 2.85. The predicted molar refractivity (Wildman–Crippen MR) is 168 cm³/mol. The first kappa shape index (κ1) is 31.1. The molecular formula is C26H16Br4N4O6. The zero-order chi connectivity index (χ0) is 29.4. The minimum Gasteiger partial charge on any atom is -0.506 e. The standard InChI is InChI=1S/2C13H8Br2N2O3/c2*14-11-5-9(6-12(15)13(11)18)16-7-8-1-3-10(4-2-8)17(19)20/h2*1-7,18H. The highest BCUT2D eigenvalue weighted by Crippen LogP contribution is 2.37. The van der Waals surface area contributed by atoms with Crippen molar-refractivity contribution in [2.24, 2.45) is 9.98 Å². The average Bonchev–Trinajstić information content (AvgIpc) is 2.93. The smallest absolute Gasteiger partial charge is 0.269 e. The highest BCUT2D eigenvalue weighted by atomic mass is 79.9. The predicted octanol–water partition coefficient (Wildman–Crippen LogP) is 9.15. The van der Waals surface area contributed by atoms with Gasteiger partial charge >= 0.3 is 0 Å². The Balaban J connectivity index is 0.000000220. The average molecular weight is 800 g/mol. The Kier molecular flexibility index (Phi) is 11.1. The van der Waals surface area contributed by atoms with Crippen LogP contribution in [0.15, 0.2) is 101 Å². The Labute approximate surface area is 260 Å². The maximum atomic E-state index is 10.5. The molecule has 204 valence electrons. The number of hydrogen-bond acceptors (Lipinski definition) is 8. The van der Waals surface area contributed by atoms with Gasteiger partial charge in [0.15, 0.2) is 0 Å². The molecule has 4 aromatic rings. The zero-order valence-corrected chi connectivity index (χ0v) is 26.3. The quantitative estimate of drug-likeness (QED) is 0.113. The molecule has 0 bridgehead atoms. The second-order valence-corrected chi connectivity index (χ2v) is 11.1. The van der Waals surface area contributed by atoms with E-state index in [9.17, 15) is 30.4 Å². The number of phenolic OH excluding ortho intramolecular Hbond substituents is 2. The van der Waals surface area contributed by atoms with E-state index in [4.69, 9.17) is 0 Å². The second kappa shape index (κ2) is 14.3. The molecule has 0 aliphatic carbocycles. The van der Waals surface area contributed by atoms with Gasteiger partial charge in [-0.3, -0.25) is 30.2 Å². The molecule has 0 aliphatic heterocycles. The molecule has 4 rings (SSSR count). The lowest BCUT2D eigenvalue weighted by Gasteiger charge is -2.01. The van der Waals surface area contributed by atoms with E-state index in [1.54, 1.807) is 61.0 Å². The third kappa shape index (κ3) is 8.78. The van der Waals surface area contributed by atoms with E-state index in [0.717, 1.165) is 11.1 Å². The molecule has 4 aromatic carbocycles. The van der Waals surface area contributed by atoms with Crippen LogP contribution in [0, 0.1) is 20.2 Å². The lowest BCUT2D eigenvalue weighted by atomic mass is 10.2. The summed E-state index contributed by atoms with van der Waals surface area (Å²) in [4.78, 5) is 28.7. The first-order valence-electron chi connectivity index (χ1n) is 10.9. The number of aliphatic imine (C=N–C) groups is 2. The van der Waals surface area contributed by atoms with Crippen LogP contribution in [0.1, 0.15) is 11.1 Å². The molecule has 0 saturated heterocycles. The van der Waals surface area contributed by atoms with Gasteiger partial charge in [-0.2, -0.15) is 0 Å². The summed E-state index contributed by atoms with van der Waals surface area (Å²) in [7, 11) is 0. The second-order valence-electron chi connectivity index (χ2n) is 7.73. The summed E-state index contributed by atoms with van der Waals surface area (Å²) in [6.45, 7) is 0. The third-order valence-corrected chi connectivity index (χ3v) is 7.35. The summed E-state index contributed by atoms with van der Waals surface area (Å²) in [6, 6.07) is 18.8. The molecule has 2 N–H and O–H groups in total. The van der Waals surface area contributed by atoms with Gasteiger partial charge in [0.25, 0.3) is 11.4 Å². The van der Waals surface area contributed by atoms with Crippen molar-refractivity contribution in [1.82, 2.24) is 0 Å². The Morgan fingerprint density at radius 1 is 0.575 bits per heavy atom. The van der Waals surface area contributed by atoms with E-state index >= 15 is 0 Å². The summed E-state index contributed by atoms with van der Waals surface area (Å²) < 4.78 is 2.12. The normalized spacial score (nSPS) is 10.9. The summed E-state index contributed by atoms with van der Waals surface area (Å²) >= 11 is 12.9. The SMILES string of the molecule is O=[N+]([O-])c1ccc(C=Nc2cc(Br)c(O)c(Br)c2)cc1.O=[N+]([O-])c1ccc(C=Nc2cc(Br)c(O)c(Br)c2)cc1. The third-order valence-electron chi connectivity index (χ3n) is 4.94. The molecule has 40 heavy (non-hydrogen) atoms. The summed E-state index contributed by atoms with van der Waals surface area (Å²) in [5, 5.41) is 40.3. The van der Waals surface area contributed by atoms with Gasteiger partial charge in [0.05, 0.1) is 39.1 Å². The van der Waals surface area contributed by atoms with Crippen LogP contribution in [0.2, 0.25) is 0 Å². The zero-order valence-electron chi connectivity index (χ0n) is 19.9. The lowest BCUT2D eigenvalue weighted by molar-refractivity contribution is -0.385. The summed E-state index contributed by atoms with van der Waals surface area (Å²) in [6.07, 6.45) is 3.18. The van der Waals surface area contributed by atoms with Gasteiger partial charge in [0.2, 0.25) is 0 Å². The number of hydrogen-bond donors (Lipinski definition) is 2. The highest BCUT2D eigenvalue weighted by molar-refractivity contribution is 9.11. The molecule has 10 nitrogen and oxygen atoms in total. The van der Waals surface area contributed by atoms with Crippen molar-refractivity contribution < 1.29 is 20.1 Å². The van der Waals surface area contributed by atoms with Crippen LogP contribution in [0.4, 0.5) is 22.7 Å². The summed E-state index contributed by atoms with van der Waals surface area (Å²) in [5.74, 6) is 0.221. The van der Waals surface area contributed by atoms with Crippen molar-refractivity contribution in [3.8, 4) is 11.5 Å². The number of nitrogens with zero attached hydrogens (tertiary/aromatic N) is 4. The fraction of sp³-hybridized carbons (Fsp3) is 0. The largest absolute Gasteiger partial charge is 0.506 e. The van der Waals surface area contributed by atoms with Crippen LogP contribution in [0.3, 0.4) is 0 Å². The van der Waals surface area contributed by atoms with Gasteiger partial charge < -0.3 is 10.2 Å².